The maximum atomic E-state index is 5.84. The second-order valence-corrected chi connectivity index (χ2v) is 4.69. The molecule has 2 heteroatoms. The van der Waals surface area contributed by atoms with Gasteiger partial charge in [0.05, 0.1) is 0 Å². The lowest BCUT2D eigenvalue weighted by Crippen LogP contribution is -1.99. The highest BCUT2D eigenvalue weighted by Gasteiger charge is 1.99. The maximum Gasteiger partial charge on any atom is 0.127 e. The molecule has 0 aromatic heterocycles. The van der Waals surface area contributed by atoms with E-state index in [1.165, 1.54) is 5.56 Å². The van der Waals surface area contributed by atoms with E-state index in [4.69, 9.17) is 4.74 Å². The van der Waals surface area contributed by atoms with Crippen LogP contribution in [0.15, 0.2) is 78.9 Å². The van der Waals surface area contributed by atoms with E-state index in [9.17, 15) is 0 Å². The Hall–Kier alpha value is -2.74. The highest BCUT2D eigenvalue weighted by molar-refractivity contribution is 5.43. The predicted octanol–water partition coefficient (Wildman–Crippen LogP) is 4.89. The van der Waals surface area contributed by atoms with Gasteiger partial charge in [-0.05, 0) is 35.9 Å². The average molecular weight is 274 g/mol. The number of ether oxygens (including phenoxy) is 1. The molecule has 103 valence electrons. The number of hydrogen-bond acceptors (Lipinski definition) is 2. The molecule has 1 N–H and O–H groups in total. The lowest BCUT2D eigenvalue weighted by Gasteiger charge is -2.09. The molecular weight excluding hydrogens is 258 g/mol. The van der Waals surface area contributed by atoms with E-state index in [0.29, 0.717) is 0 Å². The molecule has 0 bridgehead atoms. The highest BCUT2D eigenvalue weighted by atomic mass is 16.5. The summed E-state index contributed by atoms with van der Waals surface area (Å²) >= 11 is 0. The van der Waals surface area contributed by atoms with E-state index < -0.39 is 0 Å². The molecule has 0 atom stereocenters. The van der Waals surface area contributed by atoms with Crippen LogP contribution in [0.1, 0.15) is 5.56 Å². The first-order chi connectivity index (χ1) is 10.4. The summed E-state index contributed by atoms with van der Waals surface area (Å²) in [5, 5.41) is 3.34. The molecule has 0 aliphatic rings. The van der Waals surface area contributed by atoms with Gasteiger partial charge < -0.3 is 10.1 Å². The van der Waals surface area contributed by atoms with Crippen LogP contribution in [0.4, 0.5) is 5.69 Å². The van der Waals surface area contributed by atoms with Crippen LogP contribution in [0, 0.1) is 6.07 Å². The van der Waals surface area contributed by atoms with Crippen molar-refractivity contribution in [3.63, 3.8) is 0 Å². The zero-order valence-electron chi connectivity index (χ0n) is 11.6. The molecule has 0 spiro atoms. The molecule has 0 aliphatic heterocycles. The zero-order valence-corrected chi connectivity index (χ0v) is 11.6. The minimum Gasteiger partial charge on any atom is -0.457 e. The smallest absolute Gasteiger partial charge is 0.127 e. The Bertz CT molecular complexity index is 680. The Morgan fingerprint density at radius 3 is 2.43 bits per heavy atom. The number of hydrogen-bond donors (Lipinski definition) is 1. The zero-order chi connectivity index (χ0) is 14.3. The van der Waals surface area contributed by atoms with Crippen LogP contribution in [-0.4, -0.2) is 0 Å². The minimum atomic E-state index is 0.743. The summed E-state index contributed by atoms with van der Waals surface area (Å²) in [7, 11) is 0. The van der Waals surface area contributed by atoms with Crippen LogP contribution in [0.2, 0.25) is 0 Å². The van der Waals surface area contributed by atoms with E-state index in [1.54, 1.807) is 0 Å². The number of rotatable bonds is 5. The second kappa shape index (κ2) is 6.62. The minimum absolute atomic E-state index is 0.743. The van der Waals surface area contributed by atoms with E-state index in [-0.39, 0.29) is 0 Å². The van der Waals surface area contributed by atoms with Gasteiger partial charge in [-0.3, -0.25) is 0 Å². The average Bonchev–Trinajstić information content (AvgIpc) is 2.55. The Kier molecular flexibility index (Phi) is 4.18. The van der Waals surface area contributed by atoms with Crippen molar-refractivity contribution in [1.82, 2.24) is 0 Å². The van der Waals surface area contributed by atoms with Crippen molar-refractivity contribution in [3.05, 3.63) is 90.5 Å². The fourth-order valence-electron chi connectivity index (χ4n) is 2.04. The van der Waals surface area contributed by atoms with Gasteiger partial charge in [0, 0.05) is 18.3 Å². The largest absolute Gasteiger partial charge is 0.457 e. The van der Waals surface area contributed by atoms with Crippen molar-refractivity contribution < 1.29 is 4.74 Å². The van der Waals surface area contributed by atoms with Crippen molar-refractivity contribution in [3.8, 4) is 11.5 Å². The van der Waals surface area contributed by atoms with Crippen LogP contribution in [-0.2, 0) is 6.54 Å². The molecular formula is C19H16NO. The molecule has 0 fully saturated rings. The predicted molar refractivity (Wildman–Crippen MR) is 85.6 cm³/mol. The third-order valence-corrected chi connectivity index (χ3v) is 3.07. The summed E-state index contributed by atoms with van der Waals surface area (Å²) in [6.07, 6.45) is 0. The number of benzene rings is 3. The van der Waals surface area contributed by atoms with Gasteiger partial charge in [0.15, 0.2) is 0 Å². The standard InChI is InChI=1S/C19H16NO/c1-3-9-17(10-4-1)20-15-16-8-7-13-19(14-16)21-18-11-5-2-6-12-18/h1-9,11-14,20H,15H2. The van der Waals surface area contributed by atoms with Gasteiger partial charge in [0.1, 0.15) is 11.5 Å². The van der Waals surface area contributed by atoms with Crippen LogP contribution in [0.25, 0.3) is 0 Å². The molecule has 3 aromatic carbocycles. The fourth-order valence-corrected chi connectivity index (χ4v) is 2.04. The summed E-state index contributed by atoms with van der Waals surface area (Å²) in [4.78, 5) is 0. The SMILES string of the molecule is [c]1ccccc1NCc1cccc(Oc2ccccc2)c1. The van der Waals surface area contributed by atoms with Crippen LogP contribution < -0.4 is 10.1 Å². The summed E-state index contributed by atoms with van der Waals surface area (Å²) in [5.41, 5.74) is 2.16. The lowest BCUT2D eigenvalue weighted by molar-refractivity contribution is 0.482. The maximum absolute atomic E-state index is 5.84. The summed E-state index contributed by atoms with van der Waals surface area (Å²) < 4.78 is 5.84. The Morgan fingerprint density at radius 2 is 1.62 bits per heavy atom. The van der Waals surface area contributed by atoms with Gasteiger partial charge in [-0.15, -0.1) is 0 Å². The van der Waals surface area contributed by atoms with Crippen LogP contribution in [0.5, 0.6) is 11.5 Å². The molecule has 0 unspecified atom stereocenters. The van der Waals surface area contributed by atoms with Gasteiger partial charge in [-0.25, -0.2) is 0 Å². The first-order valence-corrected chi connectivity index (χ1v) is 6.92. The molecule has 3 rings (SSSR count). The van der Waals surface area contributed by atoms with Gasteiger partial charge in [0.25, 0.3) is 0 Å². The number of anilines is 1. The Labute approximate surface area is 125 Å². The summed E-state index contributed by atoms with van der Waals surface area (Å²) in [5.74, 6) is 1.69. The lowest BCUT2D eigenvalue weighted by atomic mass is 10.2. The van der Waals surface area contributed by atoms with Crippen molar-refractivity contribution in [2.75, 3.05) is 5.32 Å². The Morgan fingerprint density at radius 1 is 0.810 bits per heavy atom. The molecule has 3 aromatic rings. The topological polar surface area (TPSA) is 21.3 Å². The Balaban J connectivity index is 1.66. The third-order valence-electron chi connectivity index (χ3n) is 3.07. The molecule has 21 heavy (non-hydrogen) atoms. The van der Waals surface area contributed by atoms with Gasteiger partial charge in [0.2, 0.25) is 0 Å². The summed E-state index contributed by atoms with van der Waals surface area (Å²) in [6.45, 7) is 0.743. The second-order valence-electron chi connectivity index (χ2n) is 4.69. The number of para-hydroxylation sites is 2. The summed E-state index contributed by atoms with van der Waals surface area (Å²) in [6, 6.07) is 28.9. The van der Waals surface area contributed by atoms with Crippen molar-refractivity contribution in [1.29, 1.82) is 0 Å². The highest BCUT2D eigenvalue weighted by Crippen LogP contribution is 2.22. The molecule has 0 saturated heterocycles. The molecule has 0 aliphatic carbocycles. The van der Waals surface area contributed by atoms with Crippen molar-refractivity contribution >= 4 is 5.69 Å². The van der Waals surface area contributed by atoms with Crippen LogP contribution >= 0.6 is 0 Å². The van der Waals surface area contributed by atoms with Crippen molar-refractivity contribution in [2.24, 2.45) is 0 Å². The van der Waals surface area contributed by atoms with Gasteiger partial charge >= 0.3 is 0 Å². The van der Waals surface area contributed by atoms with E-state index >= 15 is 0 Å². The first kappa shape index (κ1) is 13.3. The monoisotopic (exact) mass is 274 g/mol. The van der Waals surface area contributed by atoms with Crippen LogP contribution in [0.3, 0.4) is 0 Å². The molecule has 2 nitrogen and oxygen atoms in total. The van der Waals surface area contributed by atoms with E-state index in [1.807, 2.05) is 72.8 Å². The molecule has 0 heterocycles. The van der Waals surface area contributed by atoms with Crippen molar-refractivity contribution in [2.45, 2.75) is 6.54 Å². The van der Waals surface area contributed by atoms with Gasteiger partial charge in [-0.2, -0.15) is 0 Å². The third kappa shape index (κ3) is 3.86. The fraction of sp³-hybridized carbons (Fsp3) is 0.0526. The normalized spacial score (nSPS) is 10.1. The quantitative estimate of drug-likeness (QED) is 0.715. The van der Waals surface area contributed by atoms with E-state index in [2.05, 4.69) is 17.4 Å². The molecule has 1 radical (unpaired) electrons. The first-order valence-electron chi connectivity index (χ1n) is 6.92. The molecule has 0 saturated carbocycles. The number of nitrogens with one attached hydrogen (secondary N) is 1. The molecule has 0 amide bonds. The van der Waals surface area contributed by atoms with Gasteiger partial charge in [-0.1, -0.05) is 48.5 Å². The van der Waals surface area contributed by atoms with E-state index in [0.717, 1.165) is 23.7 Å².